The van der Waals surface area contributed by atoms with Gasteiger partial charge >= 0.3 is 0 Å². The molecule has 1 aliphatic rings. The van der Waals surface area contributed by atoms with Crippen molar-refractivity contribution in [3.8, 4) is 0 Å². The molecule has 0 spiro atoms. The monoisotopic (exact) mass is 294 g/mol. The maximum Gasteiger partial charge on any atom is 0.289 e. The second kappa shape index (κ2) is 5.85. The van der Waals surface area contributed by atoms with Gasteiger partial charge in [0.15, 0.2) is 5.76 Å². The van der Waals surface area contributed by atoms with Crippen molar-refractivity contribution < 1.29 is 9.21 Å². The number of amides is 1. The molecule has 108 valence electrons. The number of halogens is 1. The van der Waals surface area contributed by atoms with Gasteiger partial charge in [-0.05, 0) is 44.0 Å². The number of hydrogen-bond acceptors (Lipinski definition) is 3. The van der Waals surface area contributed by atoms with Crippen molar-refractivity contribution in [1.29, 1.82) is 0 Å². The molecule has 1 fully saturated rings. The summed E-state index contributed by atoms with van der Waals surface area (Å²) >= 11 is 0. The lowest BCUT2D eigenvalue weighted by atomic mass is 10.1. The van der Waals surface area contributed by atoms with Gasteiger partial charge in [0.25, 0.3) is 5.91 Å². The standard InChI is InChI=1S/C15H18N2O2.ClH/c1-10-2-3-13-12(6-10)7-14(19-13)15(18)17-5-4-11(8-16)9-17;/h2-3,6-7,11H,4-5,8-9,16H2,1H3;1H. The Morgan fingerprint density at radius 2 is 2.25 bits per heavy atom. The number of carbonyl (C=O) groups is 1. The van der Waals surface area contributed by atoms with Gasteiger partial charge in [-0.1, -0.05) is 11.6 Å². The van der Waals surface area contributed by atoms with Crippen molar-refractivity contribution in [1.82, 2.24) is 4.90 Å². The van der Waals surface area contributed by atoms with E-state index in [-0.39, 0.29) is 18.3 Å². The first kappa shape index (κ1) is 14.9. The molecule has 2 aromatic rings. The summed E-state index contributed by atoms with van der Waals surface area (Å²) in [5.41, 5.74) is 7.58. The minimum absolute atomic E-state index is 0. The van der Waals surface area contributed by atoms with Crippen LogP contribution in [0.4, 0.5) is 0 Å². The Labute approximate surface area is 124 Å². The van der Waals surface area contributed by atoms with Crippen LogP contribution in [0.5, 0.6) is 0 Å². The number of hydrogen-bond donors (Lipinski definition) is 1. The molecule has 1 aromatic carbocycles. The van der Waals surface area contributed by atoms with Crippen molar-refractivity contribution in [2.45, 2.75) is 13.3 Å². The highest BCUT2D eigenvalue weighted by molar-refractivity contribution is 5.96. The van der Waals surface area contributed by atoms with Crippen LogP contribution in [0.15, 0.2) is 28.7 Å². The molecule has 3 rings (SSSR count). The van der Waals surface area contributed by atoms with E-state index in [1.807, 2.05) is 36.1 Å². The molecule has 1 aliphatic heterocycles. The zero-order chi connectivity index (χ0) is 13.4. The van der Waals surface area contributed by atoms with Crippen LogP contribution in [0.2, 0.25) is 0 Å². The Bertz CT molecular complexity index is 623. The summed E-state index contributed by atoms with van der Waals surface area (Å²) in [6, 6.07) is 7.76. The number of rotatable bonds is 2. The number of carbonyl (C=O) groups excluding carboxylic acids is 1. The molecule has 1 atom stereocenters. The molecule has 0 aliphatic carbocycles. The molecule has 1 saturated heterocycles. The number of nitrogens with zero attached hydrogens (tertiary/aromatic N) is 1. The molecule has 1 aromatic heterocycles. The van der Waals surface area contributed by atoms with Crippen LogP contribution in [0.3, 0.4) is 0 Å². The first-order valence-corrected chi connectivity index (χ1v) is 6.67. The molecule has 5 heteroatoms. The SMILES string of the molecule is Cc1ccc2oc(C(=O)N3CCC(CN)C3)cc2c1.Cl. The largest absolute Gasteiger partial charge is 0.451 e. The van der Waals surface area contributed by atoms with Crippen molar-refractivity contribution in [3.05, 3.63) is 35.6 Å². The van der Waals surface area contributed by atoms with Crippen LogP contribution in [0.1, 0.15) is 22.5 Å². The number of aryl methyl sites for hydroxylation is 1. The van der Waals surface area contributed by atoms with E-state index in [4.69, 9.17) is 10.2 Å². The van der Waals surface area contributed by atoms with E-state index < -0.39 is 0 Å². The Morgan fingerprint density at radius 3 is 2.95 bits per heavy atom. The van der Waals surface area contributed by atoms with E-state index in [1.54, 1.807) is 0 Å². The molecule has 0 saturated carbocycles. The lowest BCUT2D eigenvalue weighted by molar-refractivity contribution is 0.0758. The van der Waals surface area contributed by atoms with Gasteiger partial charge in [0.1, 0.15) is 5.58 Å². The summed E-state index contributed by atoms with van der Waals surface area (Å²) in [5, 5.41) is 0.984. The van der Waals surface area contributed by atoms with Gasteiger partial charge in [-0.25, -0.2) is 0 Å². The molecule has 0 radical (unpaired) electrons. The summed E-state index contributed by atoms with van der Waals surface area (Å²) in [6.45, 7) is 4.19. The van der Waals surface area contributed by atoms with Gasteiger partial charge in [-0.2, -0.15) is 0 Å². The second-order valence-corrected chi connectivity index (χ2v) is 5.29. The van der Waals surface area contributed by atoms with Crippen LogP contribution < -0.4 is 5.73 Å². The molecule has 2 heterocycles. The van der Waals surface area contributed by atoms with E-state index in [0.29, 0.717) is 18.2 Å². The lowest BCUT2D eigenvalue weighted by Crippen LogP contribution is -2.29. The average molecular weight is 295 g/mol. The van der Waals surface area contributed by atoms with Crippen molar-refractivity contribution >= 4 is 29.3 Å². The van der Waals surface area contributed by atoms with E-state index in [0.717, 1.165) is 36.0 Å². The van der Waals surface area contributed by atoms with E-state index in [2.05, 4.69) is 0 Å². The minimum Gasteiger partial charge on any atom is -0.451 e. The molecule has 1 unspecified atom stereocenters. The predicted molar refractivity (Wildman–Crippen MR) is 81.3 cm³/mol. The third-order valence-corrected chi connectivity index (χ3v) is 3.79. The molecule has 20 heavy (non-hydrogen) atoms. The zero-order valence-electron chi connectivity index (χ0n) is 11.5. The normalized spacial score (nSPS) is 18.3. The predicted octanol–water partition coefficient (Wildman–Crippen LogP) is 2.58. The van der Waals surface area contributed by atoms with Crippen molar-refractivity contribution in [3.63, 3.8) is 0 Å². The van der Waals surface area contributed by atoms with Gasteiger partial charge in [0.2, 0.25) is 0 Å². The highest BCUT2D eigenvalue weighted by atomic mass is 35.5. The third-order valence-electron chi connectivity index (χ3n) is 3.79. The molecular weight excluding hydrogens is 276 g/mol. The Morgan fingerprint density at radius 1 is 1.45 bits per heavy atom. The molecule has 1 amide bonds. The third kappa shape index (κ3) is 2.67. The fourth-order valence-corrected chi connectivity index (χ4v) is 2.63. The number of fused-ring (bicyclic) bond motifs is 1. The maximum absolute atomic E-state index is 12.4. The highest BCUT2D eigenvalue weighted by Gasteiger charge is 2.27. The van der Waals surface area contributed by atoms with Crippen molar-refractivity contribution in [2.24, 2.45) is 11.7 Å². The number of nitrogens with two attached hydrogens (primary N) is 1. The number of benzene rings is 1. The van der Waals surface area contributed by atoms with Crippen LogP contribution in [-0.2, 0) is 0 Å². The Balaban J connectivity index is 0.00000147. The maximum atomic E-state index is 12.4. The first-order chi connectivity index (χ1) is 9.17. The minimum atomic E-state index is -0.0233. The molecular formula is C15H19ClN2O2. The van der Waals surface area contributed by atoms with Crippen LogP contribution in [-0.4, -0.2) is 30.4 Å². The fraction of sp³-hybridized carbons (Fsp3) is 0.400. The van der Waals surface area contributed by atoms with Crippen LogP contribution >= 0.6 is 12.4 Å². The van der Waals surface area contributed by atoms with Gasteiger partial charge in [0.05, 0.1) is 0 Å². The van der Waals surface area contributed by atoms with Crippen LogP contribution in [0.25, 0.3) is 11.0 Å². The highest BCUT2D eigenvalue weighted by Crippen LogP contribution is 2.24. The molecule has 2 N–H and O–H groups in total. The van der Waals surface area contributed by atoms with Gasteiger partial charge in [-0.3, -0.25) is 4.79 Å². The smallest absolute Gasteiger partial charge is 0.289 e. The summed E-state index contributed by atoms with van der Waals surface area (Å²) in [5.74, 6) is 0.832. The lowest BCUT2D eigenvalue weighted by Gasteiger charge is -2.14. The van der Waals surface area contributed by atoms with Crippen LogP contribution in [0, 0.1) is 12.8 Å². The molecule has 0 bridgehead atoms. The summed E-state index contributed by atoms with van der Waals surface area (Å²) in [6.07, 6.45) is 0.988. The average Bonchev–Trinajstić information content (AvgIpc) is 3.03. The number of likely N-dealkylation sites (tertiary alicyclic amines) is 1. The Hall–Kier alpha value is -1.52. The van der Waals surface area contributed by atoms with E-state index >= 15 is 0 Å². The van der Waals surface area contributed by atoms with Crippen molar-refractivity contribution in [2.75, 3.05) is 19.6 Å². The van der Waals surface area contributed by atoms with E-state index in [1.165, 1.54) is 0 Å². The quantitative estimate of drug-likeness (QED) is 0.926. The first-order valence-electron chi connectivity index (χ1n) is 6.67. The summed E-state index contributed by atoms with van der Waals surface area (Å²) in [7, 11) is 0. The fourth-order valence-electron chi connectivity index (χ4n) is 2.63. The molecule has 4 nitrogen and oxygen atoms in total. The van der Waals surface area contributed by atoms with Gasteiger partial charge in [0, 0.05) is 18.5 Å². The summed E-state index contributed by atoms with van der Waals surface area (Å²) < 4.78 is 5.64. The van der Waals surface area contributed by atoms with Gasteiger partial charge < -0.3 is 15.1 Å². The number of furan rings is 1. The second-order valence-electron chi connectivity index (χ2n) is 5.29. The van der Waals surface area contributed by atoms with Gasteiger partial charge in [-0.15, -0.1) is 12.4 Å². The Kier molecular flexibility index (Phi) is 4.35. The summed E-state index contributed by atoms with van der Waals surface area (Å²) in [4.78, 5) is 14.2. The zero-order valence-corrected chi connectivity index (χ0v) is 12.3. The van der Waals surface area contributed by atoms with E-state index in [9.17, 15) is 4.79 Å². The topological polar surface area (TPSA) is 59.5 Å².